The van der Waals surface area contributed by atoms with Crippen molar-refractivity contribution in [1.29, 1.82) is 0 Å². The third-order valence-corrected chi connectivity index (χ3v) is 3.53. The number of carboxylic acids is 1. The van der Waals surface area contributed by atoms with E-state index in [0.29, 0.717) is 12.0 Å². The van der Waals surface area contributed by atoms with Crippen molar-refractivity contribution in [1.82, 2.24) is 5.32 Å². The molecule has 1 aromatic carbocycles. The van der Waals surface area contributed by atoms with Crippen molar-refractivity contribution < 1.29 is 14.7 Å². The van der Waals surface area contributed by atoms with Gasteiger partial charge in [-0.25, -0.2) is 4.79 Å². The van der Waals surface area contributed by atoms with Gasteiger partial charge in [0.15, 0.2) is 0 Å². The summed E-state index contributed by atoms with van der Waals surface area (Å²) >= 11 is 0. The molecule has 4 nitrogen and oxygen atoms in total. The standard InChI is InChI=1S/C15H21NO3/c1-5-9(2)13(15(18)19)16-14(17)12-7-6-10(3)11(4)8-12/h6-9,13H,5H2,1-4H3,(H,16,17)(H,18,19)/t9?,13-/m0/s1. The molecule has 0 aliphatic rings. The van der Waals surface area contributed by atoms with Gasteiger partial charge in [-0.15, -0.1) is 0 Å². The number of aliphatic carboxylic acids is 1. The fourth-order valence-electron chi connectivity index (χ4n) is 1.79. The van der Waals surface area contributed by atoms with Gasteiger partial charge < -0.3 is 10.4 Å². The third-order valence-electron chi connectivity index (χ3n) is 3.53. The summed E-state index contributed by atoms with van der Waals surface area (Å²) in [6, 6.07) is 4.51. The number of benzene rings is 1. The molecule has 104 valence electrons. The number of carboxylic acid groups (broad SMARTS) is 1. The number of nitrogens with one attached hydrogen (secondary N) is 1. The van der Waals surface area contributed by atoms with Gasteiger partial charge in [0, 0.05) is 5.56 Å². The lowest BCUT2D eigenvalue weighted by Gasteiger charge is -2.20. The molecule has 1 unspecified atom stereocenters. The van der Waals surface area contributed by atoms with Crippen LogP contribution in [0.4, 0.5) is 0 Å². The van der Waals surface area contributed by atoms with Gasteiger partial charge in [0.25, 0.3) is 5.91 Å². The van der Waals surface area contributed by atoms with Crippen molar-refractivity contribution in [3.63, 3.8) is 0 Å². The maximum atomic E-state index is 12.1. The number of carbonyl (C=O) groups excluding carboxylic acids is 1. The lowest BCUT2D eigenvalue weighted by molar-refractivity contribution is -0.140. The summed E-state index contributed by atoms with van der Waals surface area (Å²) in [6.07, 6.45) is 0.699. The van der Waals surface area contributed by atoms with Gasteiger partial charge in [-0.1, -0.05) is 26.3 Å². The van der Waals surface area contributed by atoms with Crippen LogP contribution in [0, 0.1) is 19.8 Å². The highest BCUT2D eigenvalue weighted by Crippen LogP contribution is 2.12. The summed E-state index contributed by atoms with van der Waals surface area (Å²) in [4.78, 5) is 23.2. The molecule has 1 amide bonds. The molecule has 1 aromatic rings. The normalized spacial score (nSPS) is 13.7. The lowest BCUT2D eigenvalue weighted by Crippen LogP contribution is -2.45. The van der Waals surface area contributed by atoms with Crippen LogP contribution in [0.25, 0.3) is 0 Å². The molecule has 2 N–H and O–H groups in total. The van der Waals surface area contributed by atoms with E-state index < -0.39 is 12.0 Å². The van der Waals surface area contributed by atoms with Crippen molar-refractivity contribution in [2.75, 3.05) is 0 Å². The van der Waals surface area contributed by atoms with Crippen molar-refractivity contribution >= 4 is 11.9 Å². The first kappa shape index (κ1) is 15.2. The quantitative estimate of drug-likeness (QED) is 0.858. The van der Waals surface area contributed by atoms with Crippen LogP contribution in [0.2, 0.25) is 0 Å². The van der Waals surface area contributed by atoms with Crippen molar-refractivity contribution in [2.45, 2.75) is 40.2 Å². The minimum Gasteiger partial charge on any atom is -0.480 e. The van der Waals surface area contributed by atoms with E-state index in [2.05, 4.69) is 5.32 Å². The zero-order valence-electron chi connectivity index (χ0n) is 11.9. The van der Waals surface area contributed by atoms with Gasteiger partial charge in [0.2, 0.25) is 0 Å². The van der Waals surface area contributed by atoms with Crippen LogP contribution in [-0.2, 0) is 4.79 Å². The fourth-order valence-corrected chi connectivity index (χ4v) is 1.79. The summed E-state index contributed by atoms with van der Waals surface area (Å²) in [5.41, 5.74) is 2.62. The van der Waals surface area contributed by atoms with Gasteiger partial charge in [-0.3, -0.25) is 4.79 Å². The van der Waals surface area contributed by atoms with E-state index in [9.17, 15) is 9.59 Å². The predicted octanol–water partition coefficient (Wildman–Crippen LogP) is 2.53. The molecule has 0 saturated carbocycles. The second-order valence-corrected chi connectivity index (χ2v) is 4.97. The molecule has 0 spiro atoms. The molecule has 0 aliphatic heterocycles. The monoisotopic (exact) mass is 263 g/mol. The highest BCUT2D eigenvalue weighted by molar-refractivity contribution is 5.96. The molecule has 0 radical (unpaired) electrons. The zero-order chi connectivity index (χ0) is 14.6. The molecular formula is C15H21NO3. The van der Waals surface area contributed by atoms with Crippen LogP contribution in [0.5, 0.6) is 0 Å². The van der Waals surface area contributed by atoms with E-state index in [1.54, 1.807) is 12.1 Å². The Hall–Kier alpha value is -1.84. The highest BCUT2D eigenvalue weighted by Gasteiger charge is 2.25. The molecule has 19 heavy (non-hydrogen) atoms. The summed E-state index contributed by atoms with van der Waals surface area (Å²) < 4.78 is 0. The average molecular weight is 263 g/mol. The van der Waals surface area contributed by atoms with Crippen molar-refractivity contribution in [3.8, 4) is 0 Å². The smallest absolute Gasteiger partial charge is 0.326 e. The Morgan fingerprint density at radius 1 is 1.26 bits per heavy atom. The molecule has 0 saturated heterocycles. The fraction of sp³-hybridized carbons (Fsp3) is 0.467. The summed E-state index contributed by atoms with van der Waals surface area (Å²) in [7, 11) is 0. The minimum absolute atomic E-state index is 0.104. The number of rotatable bonds is 5. The maximum Gasteiger partial charge on any atom is 0.326 e. The van der Waals surface area contributed by atoms with Gasteiger partial charge in [0.05, 0.1) is 0 Å². The molecular weight excluding hydrogens is 242 g/mol. The van der Waals surface area contributed by atoms with Crippen LogP contribution in [0.1, 0.15) is 41.8 Å². The molecule has 2 atom stereocenters. The topological polar surface area (TPSA) is 66.4 Å². The number of carbonyl (C=O) groups is 2. The van der Waals surface area contributed by atoms with Crippen LogP contribution >= 0.6 is 0 Å². The molecule has 4 heteroatoms. The van der Waals surface area contributed by atoms with E-state index in [1.165, 1.54) is 0 Å². The highest BCUT2D eigenvalue weighted by atomic mass is 16.4. The van der Waals surface area contributed by atoms with Crippen LogP contribution < -0.4 is 5.32 Å². The number of amides is 1. The number of hydrogen-bond donors (Lipinski definition) is 2. The Bertz CT molecular complexity index is 482. The van der Waals surface area contributed by atoms with Gasteiger partial charge in [-0.2, -0.15) is 0 Å². The van der Waals surface area contributed by atoms with Crippen molar-refractivity contribution in [3.05, 3.63) is 34.9 Å². The van der Waals surface area contributed by atoms with E-state index in [4.69, 9.17) is 5.11 Å². The van der Waals surface area contributed by atoms with Gasteiger partial charge in [-0.05, 0) is 43.0 Å². The maximum absolute atomic E-state index is 12.1. The average Bonchev–Trinajstić information content (AvgIpc) is 2.37. The van der Waals surface area contributed by atoms with Crippen LogP contribution in [0.15, 0.2) is 18.2 Å². The van der Waals surface area contributed by atoms with Crippen LogP contribution in [0.3, 0.4) is 0 Å². The Balaban J connectivity index is 2.87. The van der Waals surface area contributed by atoms with E-state index >= 15 is 0 Å². The molecule has 1 rings (SSSR count). The van der Waals surface area contributed by atoms with Crippen LogP contribution in [-0.4, -0.2) is 23.0 Å². The summed E-state index contributed by atoms with van der Waals surface area (Å²) in [5.74, 6) is -1.43. The SMILES string of the molecule is CCC(C)[C@H](NC(=O)c1ccc(C)c(C)c1)C(=O)O. The van der Waals surface area contributed by atoms with Gasteiger partial charge >= 0.3 is 5.97 Å². The largest absolute Gasteiger partial charge is 0.480 e. The van der Waals surface area contributed by atoms with E-state index in [-0.39, 0.29) is 11.8 Å². The second kappa shape index (κ2) is 6.36. The van der Waals surface area contributed by atoms with Gasteiger partial charge in [0.1, 0.15) is 6.04 Å². The molecule has 0 fully saturated rings. The summed E-state index contributed by atoms with van der Waals surface area (Å²) in [6.45, 7) is 7.62. The molecule has 0 bridgehead atoms. The predicted molar refractivity (Wildman–Crippen MR) is 74.3 cm³/mol. The first-order chi connectivity index (χ1) is 8.86. The minimum atomic E-state index is -0.994. The third kappa shape index (κ3) is 3.81. The number of aryl methyl sites for hydroxylation is 2. The second-order valence-electron chi connectivity index (χ2n) is 4.97. The summed E-state index contributed by atoms with van der Waals surface area (Å²) in [5, 5.41) is 11.7. The molecule has 0 heterocycles. The molecule has 0 aliphatic carbocycles. The first-order valence-electron chi connectivity index (χ1n) is 6.47. The zero-order valence-corrected chi connectivity index (χ0v) is 11.9. The first-order valence-corrected chi connectivity index (χ1v) is 6.47. The Labute approximate surface area is 113 Å². The van der Waals surface area contributed by atoms with E-state index in [0.717, 1.165) is 11.1 Å². The molecule has 0 aromatic heterocycles. The van der Waals surface area contributed by atoms with Crippen molar-refractivity contribution in [2.24, 2.45) is 5.92 Å². The Morgan fingerprint density at radius 3 is 2.37 bits per heavy atom. The van der Waals surface area contributed by atoms with E-state index in [1.807, 2.05) is 33.8 Å². The Kier molecular flexibility index (Phi) is 5.10. The lowest BCUT2D eigenvalue weighted by atomic mass is 9.98. The Morgan fingerprint density at radius 2 is 1.89 bits per heavy atom. The number of hydrogen-bond acceptors (Lipinski definition) is 2.